The number of ether oxygens (including phenoxy) is 1. The van der Waals surface area contributed by atoms with Gasteiger partial charge in [0, 0.05) is 29.2 Å². The van der Waals surface area contributed by atoms with E-state index in [0.29, 0.717) is 12.1 Å². The van der Waals surface area contributed by atoms with E-state index in [1.54, 1.807) is 7.11 Å². The van der Waals surface area contributed by atoms with Gasteiger partial charge in [-0.05, 0) is 58.0 Å². The Morgan fingerprint density at radius 3 is 2.60 bits per heavy atom. The van der Waals surface area contributed by atoms with Crippen LogP contribution in [0.5, 0.6) is 5.75 Å². The molecule has 4 heteroatoms. The molecular weight excluding hydrogens is 272 g/mol. The summed E-state index contributed by atoms with van der Waals surface area (Å²) in [6.07, 6.45) is 5.03. The van der Waals surface area contributed by atoms with Crippen molar-refractivity contribution < 1.29 is 4.74 Å². The molecule has 0 unspecified atom stereocenters. The average molecular weight is 297 g/mol. The summed E-state index contributed by atoms with van der Waals surface area (Å²) in [5, 5.41) is 4.15. The van der Waals surface area contributed by atoms with Gasteiger partial charge in [-0.25, -0.2) is 0 Å². The molecule has 1 aliphatic rings. The number of nitrogens with zero attached hydrogens (tertiary/aromatic N) is 1. The minimum atomic E-state index is 0.656. The van der Waals surface area contributed by atoms with Gasteiger partial charge >= 0.3 is 0 Å². The predicted molar refractivity (Wildman–Crippen MR) is 84.6 cm³/mol. The zero-order valence-electron chi connectivity index (χ0n) is 12.7. The van der Waals surface area contributed by atoms with E-state index < -0.39 is 0 Å². The van der Waals surface area contributed by atoms with Crippen LogP contribution in [0.3, 0.4) is 0 Å². The van der Waals surface area contributed by atoms with E-state index in [2.05, 4.69) is 24.3 Å². The molecule has 0 aromatic heterocycles. The molecule has 3 nitrogen and oxygen atoms in total. The van der Waals surface area contributed by atoms with Gasteiger partial charge in [0.05, 0.1) is 7.11 Å². The maximum Gasteiger partial charge on any atom is 0.123 e. The summed E-state index contributed by atoms with van der Waals surface area (Å²) in [6.45, 7) is 0.888. The summed E-state index contributed by atoms with van der Waals surface area (Å²) in [5.41, 5.74) is 1.17. The molecule has 0 saturated heterocycles. The van der Waals surface area contributed by atoms with Crippen molar-refractivity contribution in [1.29, 1.82) is 0 Å². The van der Waals surface area contributed by atoms with Crippen LogP contribution in [-0.2, 0) is 6.54 Å². The van der Waals surface area contributed by atoms with Gasteiger partial charge < -0.3 is 10.1 Å². The number of hydrogen-bond acceptors (Lipinski definition) is 3. The van der Waals surface area contributed by atoms with Gasteiger partial charge in [0.25, 0.3) is 0 Å². The van der Waals surface area contributed by atoms with Crippen molar-refractivity contribution in [2.75, 3.05) is 21.2 Å². The normalized spacial score (nSPS) is 23.1. The SMILES string of the molecule is CNC1CCC(N(C)Cc2cc(Cl)ccc2OC)CC1. The minimum Gasteiger partial charge on any atom is -0.496 e. The fraction of sp³-hybridized carbons (Fsp3) is 0.625. The van der Waals surface area contributed by atoms with Crippen molar-refractivity contribution in [2.24, 2.45) is 0 Å². The Bertz CT molecular complexity index is 430. The first-order valence-corrected chi connectivity index (χ1v) is 7.71. The van der Waals surface area contributed by atoms with Gasteiger partial charge in [0.2, 0.25) is 0 Å². The van der Waals surface area contributed by atoms with Crippen LogP contribution in [0.25, 0.3) is 0 Å². The van der Waals surface area contributed by atoms with Crippen molar-refractivity contribution in [1.82, 2.24) is 10.2 Å². The van der Waals surface area contributed by atoms with Crippen molar-refractivity contribution in [3.8, 4) is 5.75 Å². The lowest BCUT2D eigenvalue weighted by Crippen LogP contribution is -2.39. The fourth-order valence-corrected chi connectivity index (χ4v) is 3.27. The molecule has 0 amide bonds. The molecular formula is C16H25ClN2O. The number of nitrogens with one attached hydrogen (secondary N) is 1. The molecule has 1 aromatic rings. The fourth-order valence-electron chi connectivity index (χ4n) is 3.07. The number of hydrogen-bond donors (Lipinski definition) is 1. The molecule has 0 atom stereocenters. The van der Waals surface area contributed by atoms with E-state index in [4.69, 9.17) is 16.3 Å². The van der Waals surface area contributed by atoms with Crippen molar-refractivity contribution in [3.63, 3.8) is 0 Å². The number of rotatable bonds is 5. The molecule has 1 saturated carbocycles. The summed E-state index contributed by atoms with van der Waals surface area (Å²) in [4.78, 5) is 2.43. The number of benzene rings is 1. The third-order valence-corrected chi connectivity index (χ3v) is 4.63. The first kappa shape index (κ1) is 15.6. The first-order chi connectivity index (χ1) is 9.63. The first-order valence-electron chi connectivity index (χ1n) is 7.34. The Balaban J connectivity index is 1.97. The highest BCUT2D eigenvalue weighted by atomic mass is 35.5. The topological polar surface area (TPSA) is 24.5 Å². The van der Waals surface area contributed by atoms with Crippen LogP contribution in [0.4, 0.5) is 0 Å². The Morgan fingerprint density at radius 1 is 1.30 bits per heavy atom. The largest absolute Gasteiger partial charge is 0.496 e. The van der Waals surface area contributed by atoms with Crippen molar-refractivity contribution >= 4 is 11.6 Å². The molecule has 112 valence electrons. The molecule has 0 aliphatic heterocycles. The second-order valence-electron chi connectivity index (χ2n) is 5.67. The Labute approximate surface area is 127 Å². The third-order valence-electron chi connectivity index (χ3n) is 4.39. The van der Waals surface area contributed by atoms with Crippen LogP contribution in [0.2, 0.25) is 5.02 Å². The molecule has 20 heavy (non-hydrogen) atoms. The molecule has 1 fully saturated rings. The number of methoxy groups -OCH3 is 1. The van der Waals surface area contributed by atoms with Crippen molar-refractivity contribution in [3.05, 3.63) is 28.8 Å². The van der Waals surface area contributed by atoms with Crippen LogP contribution >= 0.6 is 11.6 Å². The summed E-state index contributed by atoms with van der Waals surface area (Å²) < 4.78 is 5.43. The Morgan fingerprint density at radius 2 is 2.00 bits per heavy atom. The van der Waals surface area contributed by atoms with Gasteiger partial charge in [-0.2, -0.15) is 0 Å². The lowest BCUT2D eigenvalue weighted by atomic mass is 9.90. The zero-order chi connectivity index (χ0) is 14.5. The van der Waals surface area contributed by atoms with E-state index in [1.165, 1.54) is 31.2 Å². The van der Waals surface area contributed by atoms with Gasteiger partial charge in [-0.1, -0.05) is 11.6 Å². The summed E-state index contributed by atoms with van der Waals surface area (Å²) in [6, 6.07) is 7.19. The molecule has 0 heterocycles. The predicted octanol–water partition coefficient (Wildman–Crippen LogP) is 3.31. The molecule has 1 N–H and O–H groups in total. The molecule has 2 rings (SSSR count). The molecule has 0 bridgehead atoms. The monoisotopic (exact) mass is 296 g/mol. The van der Waals surface area contributed by atoms with E-state index in [0.717, 1.165) is 17.3 Å². The zero-order valence-corrected chi connectivity index (χ0v) is 13.4. The molecule has 1 aromatic carbocycles. The van der Waals surface area contributed by atoms with Gasteiger partial charge in [0.1, 0.15) is 5.75 Å². The van der Waals surface area contributed by atoms with Crippen LogP contribution in [0.1, 0.15) is 31.2 Å². The van der Waals surface area contributed by atoms with E-state index in [-0.39, 0.29) is 0 Å². The molecule has 1 aliphatic carbocycles. The number of halogens is 1. The minimum absolute atomic E-state index is 0.656. The van der Waals surface area contributed by atoms with E-state index >= 15 is 0 Å². The van der Waals surface area contributed by atoms with Crippen LogP contribution in [-0.4, -0.2) is 38.2 Å². The van der Waals surface area contributed by atoms with Gasteiger partial charge in [-0.3, -0.25) is 4.90 Å². The van der Waals surface area contributed by atoms with Crippen LogP contribution in [0.15, 0.2) is 18.2 Å². The highest BCUT2D eigenvalue weighted by Gasteiger charge is 2.23. The van der Waals surface area contributed by atoms with E-state index in [9.17, 15) is 0 Å². The maximum atomic E-state index is 6.10. The standard InChI is InChI=1S/C16H25ClN2O/c1-18-14-5-7-15(8-6-14)19(2)11-12-10-13(17)4-9-16(12)20-3/h4,9-10,14-15,18H,5-8,11H2,1-3H3. The summed E-state index contributed by atoms with van der Waals surface area (Å²) >= 11 is 6.10. The summed E-state index contributed by atoms with van der Waals surface area (Å²) in [7, 11) is 5.97. The molecule has 0 radical (unpaired) electrons. The Hall–Kier alpha value is -0.770. The van der Waals surface area contributed by atoms with Gasteiger partial charge in [-0.15, -0.1) is 0 Å². The highest BCUT2D eigenvalue weighted by molar-refractivity contribution is 6.30. The molecule has 0 spiro atoms. The smallest absolute Gasteiger partial charge is 0.123 e. The highest BCUT2D eigenvalue weighted by Crippen LogP contribution is 2.27. The van der Waals surface area contributed by atoms with Gasteiger partial charge in [0.15, 0.2) is 0 Å². The lowest BCUT2D eigenvalue weighted by Gasteiger charge is -2.34. The van der Waals surface area contributed by atoms with E-state index in [1.807, 2.05) is 18.2 Å². The quantitative estimate of drug-likeness (QED) is 0.902. The summed E-state index contributed by atoms with van der Waals surface area (Å²) in [5.74, 6) is 0.921. The second kappa shape index (κ2) is 7.30. The lowest BCUT2D eigenvalue weighted by molar-refractivity contribution is 0.168. The maximum absolute atomic E-state index is 6.10. The van der Waals surface area contributed by atoms with Crippen molar-refractivity contribution in [2.45, 2.75) is 44.3 Å². The third kappa shape index (κ3) is 3.87. The second-order valence-corrected chi connectivity index (χ2v) is 6.10. The average Bonchev–Trinajstić information content (AvgIpc) is 2.47. The van der Waals surface area contributed by atoms with Crippen LogP contribution < -0.4 is 10.1 Å². The Kier molecular flexibility index (Phi) is 5.70. The van der Waals surface area contributed by atoms with Crippen LogP contribution in [0, 0.1) is 0 Å².